The average Bonchev–Trinajstić information content (AvgIpc) is 2.94. The van der Waals surface area contributed by atoms with Gasteiger partial charge in [0.25, 0.3) is 0 Å². The van der Waals surface area contributed by atoms with E-state index in [9.17, 15) is 9.90 Å². The first-order valence-corrected chi connectivity index (χ1v) is 7.76. The van der Waals surface area contributed by atoms with Gasteiger partial charge in [-0.2, -0.15) is 0 Å². The highest BCUT2D eigenvalue weighted by Gasteiger charge is 2.44. The van der Waals surface area contributed by atoms with Crippen LogP contribution in [0.3, 0.4) is 0 Å². The van der Waals surface area contributed by atoms with Gasteiger partial charge in [-0.25, -0.2) is 4.85 Å². The maximum absolute atomic E-state index is 12.3. The van der Waals surface area contributed by atoms with Gasteiger partial charge in [-0.05, 0) is 17.5 Å². The summed E-state index contributed by atoms with van der Waals surface area (Å²) in [5.41, 5.74) is 4.04. The number of ketones is 1. The summed E-state index contributed by atoms with van der Waals surface area (Å²) in [6, 6.07) is 13.5. The van der Waals surface area contributed by atoms with Gasteiger partial charge < -0.3 is 10.0 Å². The number of hydrogen-bond acceptors (Lipinski definition) is 3. The average molecular weight is 304 g/mol. The lowest BCUT2D eigenvalue weighted by Crippen LogP contribution is -2.28. The van der Waals surface area contributed by atoms with E-state index < -0.39 is 0 Å². The molecule has 2 atom stereocenters. The smallest absolute Gasteiger partial charge is 0.210 e. The fourth-order valence-corrected chi connectivity index (χ4v) is 4.07. The van der Waals surface area contributed by atoms with Crippen molar-refractivity contribution in [3.8, 4) is 0 Å². The van der Waals surface area contributed by atoms with Gasteiger partial charge in [0, 0.05) is 23.6 Å². The van der Waals surface area contributed by atoms with E-state index in [-0.39, 0.29) is 24.5 Å². The summed E-state index contributed by atoms with van der Waals surface area (Å²) >= 11 is 0. The summed E-state index contributed by atoms with van der Waals surface area (Å²) in [5.74, 6) is 0.287. The van der Waals surface area contributed by atoms with Crippen LogP contribution in [0, 0.1) is 6.57 Å². The maximum Gasteiger partial charge on any atom is 0.210 e. The molecule has 23 heavy (non-hydrogen) atoms. The Morgan fingerprint density at radius 3 is 2.70 bits per heavy atom. The summed E-state index contributed by atoms with van der Waals surface area (Å²) in [6.07, 6.45) is 1.29. The van der Waals surface area contributed by atoms with Crippen molar-refractivity contribution in [3.63, 3.8) is 0 Å². The lowest BCUT2D eigenvalue weighted by molar-refractivity contribution is 0.0966. The van der Waals surface area contributed by atoms with E-state index in [0.717, 1.165) is 28.8 Å². The van der Waals surface area contributed by atoms with E-state index >= 15 is 0 Å². The molecule has 4 heteroatoms. The Labute approximate surface area is 134 Å². The molecule has 0 saturated heterocycles. The van der Waals surface area contributed by atoms with Crippen LogP contribution in [0.25, 0.3) is 4.85 Å². The van der Waals surface area contributed by atoms with Crippen LogP contribution in [0.4, 0.5) is 11.4 Å². The summed E-state index contributed by atoms with van der Waals surface area (Å²) in [7, 11) is 0. The van der Waals surface area contributed by atoms with Crippen molar-refractivity contribution in [1.82, 2.24) is 0 Å². The number of benzene rings is 2. The number of nitrogens with zero attached hydrogens (tertiary/aromatic N) is 2. The van der Waals surface area contributed by atoms with Crippen molar-refractivity contribution in [1.29, 1.82) is 0 Å². The van der Waals surface area contributed by atoms with Crippen LogP contribution in [0.5, 0.6) is 0 Å². The largest absolute Gasteiger partial charge is 0.376 e. The second-order valence-corrected chi connectivity index (χ2v) is 6.04. The van der Waals surface area contributed by atoms with Crippen molar-refractivity contribution >= 4 is 17.2 Å². The highest BCUT2D eigenvalue weighted by molar-refractivity contribution is 6.03. The zero-order valence-electron chi connectivity index (χ0n) is 12.6. The van der Waals surface area contributed by atoms with Gasteiger partial charge in [-0.15, -0.1) is 0 Å². The molecule has 1 heterocycles. The van der Waals surface area contributed by atoms with Crippen molar-refractivity contribution < 1.29 is 9.90 Å². The lowest BCUT2D eigenvalue weighted by Gasteiger charge is -2.30. The Morgan fingerprint density at radius 1 is 1.22 bits per heavy atom. The van der Waals surface area contributed by atoms with Crippen LogP contribution in [0.15, 0.2) is 42.5 Å². The summed E-state index contributed by atoms with van der Waals surface area (Å²) in [4.78, 5) is 17.8. The van der Waals surface area contributed by atoms with Crippen LogP contribution in [-0.2, 0) is 0 Å². The van der Waals surface area contributed by atoms with E-state index in [1.807, 2.05) is 35.2 Å². The number of aliphatic hydroxyl groups is 1. The van der Waals surface area contributed by atoms with Gasteiger partial charge in [0.2, 0.25) is 5.69 Å². The first kappa shape index (κ1) is 14.0. The number of anilines is 1. The number of carbonyl (C=O) groups is 1. The molecule has 0 spiro atoms. The van der Waals surface area contributed by atoms with Crippen molar-refractivity contribution in [3.05, 3.63) is 70.6 Å². The number of rotatable bonds is 2. The summed E-state index contributed by atoms with van der Waals surface area (Å²) in [6.45, 7) is 7.28. The Balaban J connectivity index is 1.97. The van der Waals surface area contributed by atoms with Crippen LogP contribution in [-0.4, -0.2) is 17.6 Å². The molecule has 0 bridgehead atoms. The molecule has 2 aliphatic rings. The first-order valence-electron chi connectivity index (χ1n) is 7.76. The third-order valence-corrected chi connectivity index (χ3v) is 4.97. The molecule has 0 aromatic heterocycles. The monoisotopic (exact) mass is 304 g/mol. The highest BCUT2D eigenvalue weighted by Crippen LogP contribution is 2.57. The second-order valence-electron chi connectivity index (χ2n) is 6.04. The van der Waals surface area contributed by atoms with Gasteiger partial charge in [-0.1, -0.05) is 42.5 Å². The molecule has 2 aromatic carbocycles. The molecule has 4 nitrogen and oxygen atoms in total. The molecule has 1 aliphatic carbocycles. The lowest BCUT2D eigenvalue weighted by atomic mass is 9.78. The maximum atomic E-state index is 12.3. The third-order valence-electron chi connectivity index (χ3n) is 4.97. The zero-order chi connectivity index (χ0) is 16.0. The Bertz CT molecular complexity index is 823. The molecular formula is C19H16N2O2. The number of Topliss-reactive ketones (excluding diaryl/α,β-unsaturated/α-hetero) is 1. The summed E-state index contributed by atoms with van der Waals surface area (Å²) in [5, 5.41) is 9.99. The van der Waals surface area contributed by atoms with E-state index in [1.165, 1.54) is 0 Å². The minimum absolute atomic E-state index is 0.0223. The second kappa shape index (κ2) is 5.22. The molecule has 2 unspecified atom stereocenters. The summed E-state index contributed by atoms with van der Waals surface area (Å²) < 4.78 is 0. The predicted octanol–water partition coefficient (Wildman–Crippen LogP) is 3.81. The molecule has 2 aromatic rings. The van der Waals surface area contributed by atoms with E-state index in [4.69, 9.17) is 6.57 Å². The topological polar surface area (TPSA) is 44.9 Å². The molecule has 1 N–H and O–H groups in total. The quantitative estimate of drug-likeness (QED) is 0.858. The molecule has 0 amide bonds. The highest BCUT2D eigenvalue weighted by atomic mass is 16.3. The number of carbonyl (C=O) groups excluding carboxylic acids is 1. The van der Waals surface area contributed by atoms with Crippen molar-refractivity contribution in [2.75, 3.05) is 11.6 Å². The van der Waals surface area contributed by atoms with E-state index in [0.29, 0.717) is 12.1 Å². The van der Waals surface area contributed by atoms with Gasteiger partial charge in [0.1, 0.15) is 6.73 Å². The fourth-order valence-electron chi connectivity index (χ4n) is 4.07. The van der Waals surface area contributed by atoms with Gasteiger partial charge in [-0.3, -0.25) is 4.79 Å². The molecule has 0 radical (unpaired) electrons. The minimum Gasteiger partial charge on any atom is -0.376 e. The number of aliphatic hydroxyl groups excluding tert-OH is 1. The minimum atomic E-state index is -0.163. The van der Waals surface area contributed by atoms with E-state index in [1.54, 1.807) is 12.1 Å². The van der Waals surface area contributed by atoms with E-state index in [2.05, 4.69) is 4.85 Å². The van der Waals surface area contributed by atoms with Crippen LogP contribution in [0.2, 0.25) is 0 Å². The van der Waals surface area contributed by atoms with Crippen LogP contribution in [0.1, 0.15) is 46.3 Å². The third kappa shape index (κ3) is 1.90. The van der Waals surface area contributed by atoms with Crippen molar-refractivity contribution in [2.45, 2.75) is 24.8 Å². The standard InChI is InChI=1S/C19H16N2O2/c1-20-15-9-7-13-16(23)10-8-14-17(13)19(15)21(11-22)18(14)12-5-3-2-4-6-12/h2-7,9,14,18,22H,8,10-11H2. The number of hydrogen-bond donors (Lipinski definition) is 1. The Hall–Kier alpha value is -2.64. The van der Waals surface area contributed by atoms with Crippen molar-refractivity contribution in [2.24, 2.45) is 0 Å². The SMILES string of the molecule is [C-]#[N+]c1ccc2c3c1N(CO)C(c1ccccc1)C3CCC2=O. The molecule has 0 saturated carbocycles. The molecule has 1 aliphatic heterocycles. The molecular weight excluding hydrogens is 288 g/mol. The predicted molar refractivity (Wildman–Crippen MR) is 87.8 cm³/mol. The Morgan fingerprint density at radius 2 is 2.00 bits per heavy atom. The fraction of sp³-hybridized carbons (Fsp3) is 0.263. The van der Waals surface area contributed by atoms with Gasteiger partial charge in [0.05, 0.1) is 12.6 Å². The molecule has 0 fully saturated rings. The molecule has 4 rings (SSSR count). The first-order chi connectivity index (χ1) is 11.3. The Kier molecular flexibility index (Phi) is 3.17. The molecule has 114 valence electrons. The van der Waals surface area contributed by atoms with Crippen LogP contribution >= 0.6 is 0 Å². The zero-order valence-corrected chi connectivity index (χ0v) is 12.6. The normalized spacial score (nSPS) is 21.9. The van der Waals surface area contributed by atoms with Gasteiger partial charge in [0.15, 0.2) is 5.78 Å². The van der Waals surface area contributed by atoms with Gasteiger partial charge >= 0.3 is 0 Å². The van der Waals surface area contributed by atoms with Crippen LogP contribution < -0.4 is 4.90 Å².